The molecule has 0 spiro atoms. The molecule has 2 aliphatic rings. The number of ether oxygens (including phenoxy) is 1. The van der Waals surface area contributed by atoms with Crippen LogP contribution in [-0.2, 0) is 19.7 Å². The van der Waals surface area contributed by atoms with Gasteiger partial charge in [-0.1, -0.05) is 32.9 Å². The van der Waals surface area contributed by atoms with Crippen molar-refractivity contribution >= 4 is 17.5 Å². The summed E-state index contributed by atoms with van der Waals surface area (Å²) in [6.45, 7) is 8.72. The van der Waals surface area contributed by atoms with Crippen LogP contribution in [0.5, 0.6) is 0 Å². The lowest BCUT2D eigenvalue weighted by Crippen LogP contribution is -2.47. The molecule has 0 unspecified atom stereocenters. The number of benzene rings is 1. The molecule has 1 heterocycles. The molecule has 24 heavy (non-hydrogen) atoms. The number of hydrogen-bond acceptors (Lipinski definition) is 3. The zero-order valence-corrected chi connectivity index (χ0v) is 14.7. The highest BCUT2D eigenvalue weighted by Crippen LogP contribution is 2.48. The quantitative estimate of drug-likeness (QED) is 0.867. The number of morpholine rings is 1. The van der Waals surface area contributed by atoms with Gasteiger partial charge in [-0.05, 0) is 36.0 Å². The lowest BCUT2D eigenvalue weighted by Gasteiger charge is -2.30. The third-order valence-electron chi connectivity index (χ3n) is 4.90. The smallest absolute Gasteiger partial charge is 0.240 e. The van der Waals surface area contributed by atoms with Crippen LogP contribution in [0, 0.1) is 5.41 Å². The summed E-state index contributed by atoms with van der Waals surface area (Å²) in [6.07, 6.45) is 1.27. The molecule has 0 aromatic heterocycles. The molecular weight excluding hydrogens is 304 g/mol. The Balaban J connectivity index is 1.67. The van der Waals surface area contributed by atoms with E-state index in [2.05, 4.69) is 26.1 Å². The van der Waals surface area contributed by atoms with Crippen LogP contribution in [0.15, 0.2) is 24.3 Å². The van der Waals surface area contributed by atoms with Gasteiger partial charge in [-0.3, -0.25) is 9.59 Å². The number of amides is 2. The van der Waals surface area contributed by atoms with Gasteiger partial charge in [0.05, 0.1) is 13.2 Å². The molecular formula is C19H26N2O3. The SMILES string of the molecule is CC(C)(C)c1ccc(NC(=O)C2(C(=O)N3CCOCC3)CC2)cc1. The minimum atomic E-state index is -0.861. The fourth-order valence-electron chi connectivity index (χ4n) is 3.04. The molecule has 130 valence electrons. The maximum atomic E-state index is 12.7. The van der Waals surface area contributed by atoms with Gasteiger partial charge in [-0.25, -0.2) is 0 Å². The van der Waals surface area contributed by atoms with Gasteiger partial charge in [-0.15, -0.1) is 0 Å². The van der Waals surface area contributed by atoms with Crippen molar-refractivity contribution in [2.75, 3.05) is 31.6 Å². The zero-order valence-electron chi connectivity index (χ0n) is 14.7. The van der Waals surface area contributed by atoms with Crippen LogP contribution in [0.4, 0.5) is 5.69 Å². The Labute approximate surface area is 143 Å². The standard InChI is InChI=1S/C19H26N2O3/c1-18(2,3)14-4-6-15(7-5-14)20-16(22)19(8-9-19)17(23)21-10-12-24-13-11-21/h4-7H,8-13H2,1-3H3,(H,20,22). The molecule has 1 saturated heterocycles. The van der Waals surface area contributed by atoms with Crippen LogP contribution in [0.3, 0.4) is 0 Å². The highest BCUT2D eigenvalue weighted by Gasteiger charge is 2.58. The lowest BCUT2D eigenvalue weighted by molar-refractivity contribution is -0.145. The van der Waals surface area contributed by atoms with E-state index in [-0.39, 0.29) is 17.2 Å². The Morgan fingerprint density at radius 3 is 2.17 bits per heavy atom. The molecule has 1 aromatic rings. The maximum absolute atomic E-state index is 12.7. The highest BCUT2D eigenvalue weighted by atomic mass is 16.5. The molecule has 1 aliphatic heterocycles. The van der Waals surface area contributed by atoms with E-state index in [1.165, 1.54) is 5.56 Å². The topological polar surface area (TPSA) is 58.6 Å². The number of hydrogen-bond donors (Lipinski definition) is 1. The fourth-order valence-corrected chi connectivity index (χ4v) is 3.04. The van der Waals surface area contributed by atoms with Gasteiger partial charge in [0.1, 0.15) is 5.41 Å². The van der Waals surface area contributed by atoms with E-state index in [4.69, 9.17) is 4.74 Å². The van der Waals surface area contributed by atoms with E-state index in [0.29, 0.717) is 39.1 Å². The van der Waals surface area contributed by atoms with Gasteiger partial charge in [0.2, 0.25) is 11.8 Å². The normalized spacial score (nSPS) is 19.7. The monoisotopic (exact) mass is 330 g/mol. The predicted molar refractivity (Wildman–Crippen MR) is 92.8 cm³/mol. The Morgan fingerprint density at radius 1 is 1.08 bits per heavy atom. The van der Waals surface area contributed by atoms with Crippen LogP contribution in [0.2, 0.25) is 0 Å². The van der Waals surface area contributed by atoms with Crippen molar-refractivity contribution in [1.29, 1.82) is 0 Å². The van der Waals surface area contributed by atoms with E-state index in [9.17, 15) is 9.59 Å². The van der Waals surface area contributed by atoms with Gasteiger partial charge in [0, 0.05) is 18.8 Å². The maximum Gasteiger partial charge on any atom is 0.240 e. The van der Waals surface area contributed by atoms with Crippen LogP contribution in [-0.4, -0.2) is 43.0 Å². The number of nitrogens with one attached hydrogen (secondary N) is 1. The first kappa shape index (κ1) is 17.0. The largest absolute Gasteiger partial charge is 0.378 e. The average Bonchev–Trinajstić information content (AvgIpc) is 3.36. The number of carbonyl (C=O) groups excluding carboxylic acids is 2. The molecule has 0 bridgehead atoms. The van der Waals surface area contributed by atoms with Gasteiger partial charge in [0.25, 0.3) is 0 Å². The molecule has 5 nitrogen and oxygen atoms in total. The van der Waals surface area contributed by atoms with Gasteiger partial charge < -0.3 is 15.0 Å². The first-order valence-electron chi connectivity index (χ1n) is 8.62. The van der Waals surface area contributed by atoms with Gasteiger partial charge in [-0.2, -0.15) is 0 Å². The Kier molecular flexibility index (Phi) is 4.38. The van der Waals surface area contributed by atoms with E-state index in [1.807, 2.05) is 24.3 Å². The Morgan fingerprint density at radius 2 is 1.67 bits per heavy atom. The van der Waals surface area contributed by atoms with E-state index in [0.717, 1.165) is 5.69 Å². The average molecular weight is 330 g/mol. The summed E-state index contributed by atoms with van der Waals surface area (Å²) in [4.78, 5) is 27.1. The third kappa shape index (κ3) is 3.31. The summed E-state index contributed by atoms with van der Waals surface area (Å²) in [5, 5.41) is 2.93. The van der Waals surface area contributed by atoms with Crippen molar-refractivity contribution in [1.82, 2.24) is 4.90 Å². The second kappa shape index (κ2) is 6.20. The molecule has 0 radical (unpaired) electrons. The van der Waals surface area contributed by atoms with Crippen molar-refractivity contribution in [2.45, 2.75) is 39.0 Å². The molecule has 2 amide bonds. The lowest BCUT2D eigenvalue weighted by atomic mass is 9.87. The molecule has 2 fully saturated rings. The second-order valence-corrected chi connectivity index (χ2v) is 7.77. The van der Waals surface area contributed by atoms with E-state index < -0.39 is 5.41 Å². The molecule has 1 saturated carbocycles. The fraction of sp³-hybridized carbons (Fsp3) is 0.579. The summed E-state index contributed by atoms with van der Waals surface area (Å²) in [5.74, 6) is -0.225. The Bertz CT molecular complexity index is 621. The Hall–Kier alpha value is -1.88. The number of anilines is 1. The highest BCUT2D eigenvalue weighted by molar-refractivity contribution is 6.13. The summed E-state index contributed by atoms with van der Waals surface area (Å²) >= 11 is 0. The van der Waals surface area contributed by atoms with Crippen molar-refractivity contribution in [2.24, 2.45) is 5.41 Å². The van der Waals surface area contributed by atoms with Gasteiger partial charge in [0.15, 0.2) is 0 Å². The second-order valence-electron chi connectivity index (χ2n) is 7.77. The van der Waals surface area contributed by atoms with Crippen molar-refractivity contribution in [3.8, 4) is 0 Å². The van der Waals surface area contributed by atoms with Crippen molar-refractivity contribution in [3.05, 3.63) is 29.8 Å². The number of rotatable bonds is 3. The van der Waals surface area contributed by atoms with Crippen molar-refractivity contribution < 1.29 is 14.3 Å². The van der Waals surface area contributed by atoms with Crippen LogP contribution in [0.25, 0.3) is 0 Å². The van der Waals surface area contributed by atoms with Crippen molar-refractivity contribution in [3.63, 3.8) is 0 Å². The van der Waals surface area contributed by atoms with Gasteiger partial charge >= 0.3 is 0 Å². The first-order chi connectivity index (χ1) is 11.3. The van der Waals surface area contributed by atoms with E-state index in [1.54, 1.807) is 4.90 Å². The minimum Gasteiger partial charge on any atom is -0.378 e. The minimum absolute atomic E-state index is 0.0467. The molecule has 1 aliphatic carbocycles. The summed E-state index contributed by atoms with van der Waals surface area (Å²) in [5.41, 5.74) is 1.17. The first-order valence-corrected chi connectivity index (χ1v) is 8.62. The number of carbonyl (C=O) groups is 2. The summed E-state index contributed by atoms with van der Waals surface area (Å²) in [6, 6.07) is 7.87. The van der Waals surface area contributed by atoms with Crippen LogP contribution < -0.4 is 5.32 Å². The van der Waals surface area contributed by atoms with Crippen LogP contribution >= 0.6 is 0 Å². The molecule has 3 rings (SSSR count). The molecule has 1 N–H and O–H groups in total. The summed E-state index contributed by atoms with van der Waals surface area (Å²) < 4.78 is 5.28. The third-order valence-corrected chi connectivity index (χ3v) is 4.90. The number of nitrogens with zero attached hydrogens (tertiary/aromatic N) is 1. The molecule has 5 heteroatoms. The predicted octanol–water partition coefficient (Wildman–Crippen LogP) is 2.56. The molecule has 1 aromatic carbocycles. The van der Waals surface area contributed by atoms with Crippen LogP contribution in [0.1, 0.15) is 39.2 Å². The zero-order chi connectivity index (χ0) is 17.4. The summed E-state index contributed by atoms with van der Waals surface area (Å²) in [7, 11) is 0. The molecule has 0 atom stereocenters. The van der Waals surface area contributed by atoms with E-state index >= 15 is 0 Å².